The molecule has 6 nitrogen and oxygen atoms in total. The van der Waals surface area contributed by atoms with E-state index >= 15 is 0 Å². The van der Waals surface area contributed by atoms with E-state index in [1.807, 2.05) is 25.0 Å². The highest BCUT2D eigenvalue weighted by atomic mass is 32.1. The van der Waals surface area contributed by atoms with Gasteiger partial charge in [0.1, 0.15) is 21.4 Å². The number of fused-ring (bicyclic) bond motifs is 3. The van der Waals surface area contributed by atoms with Crippen LogP contribution in [0, 0.1) is 0 Å². The molecule has 3 heterocycles. The maximum atomic E-state index is 4.87. The first-order valence-corrected chi connectivity index (χ1v) is 8.55. The van der Waals surface area contributed by atoms with Crippen LogP contribution in [-0.2, 0) is 7.05 Å². The van der Waals surface area contributed by atoms with Crippen molar-refractivity contribution < 1.29 is 0 Å². The number of thiazole rings is 1. The van der Waals surface area contributed by atoms with Gasteiger partial charge in [-0.2, -0.15) is 0 Å². The van der Waals surface area contributed by atoms with Crippen molar-refractivity contribution in [2.45, 2.75) is 26.7 Å². The second-order valence-corrected chi connectivity index (χ2v) is 6.30. The van der Waals surface area contributed by atoms with E-state index in [0.717, 1.165) is 45.4 Å². The minimum absolute atomic E-state index is 0.815. The van der Waals surface area contributed by atoms with Crippen LogP contribution in [0.4, 0.5) is 10.9 Å². The smallest absolute Gasteiger partial charge is 0.188 e. The van der Waals surface area contributed by atoms with Crippen LogP contribution in [0.2, 0.25) is 0 Å². The molecular weight excluding hydrogens is 296 g/mol. The summed E-state index contributed by atoms with van der Waals surface area (Å²) in [6, 6.07) is 0. The lowest BCUT2D eigenvalue weighted by atomic mass is 10.3. The Kier molecular flexibility index (Phi) is 4.15. The van der Waals surface area contributed by atoms with Gasteiger partial charge in [0.05, 0.1) is 6.33 Å². The monoisotopic (exact) mass is 318 g/mol. The quantitative estimate of drug-likeness (QED) is 0.756. The van der Waals surface area contributed by atoms with Gasteiger partial charge >= 0.3 is 0 Å². The van der Waals surface area contributed by atoms with Gasteiger partial charge in [0, 0.05) is 27.2 Å². The molecule has 0 unspecified atom stereocenters. The fourth-order valence-electron chi connectivity index (χ4n) is 2.62. The van der Waals surface area contributed by atoms with Crippen LogP contribution in [0.15, 0.2) is 6.33 Å². The zero-order chi connectivity index (χ0) is 15.7. The molecule has 0 radical (unpaired) electrons. The van der Waals surface area contributed by atoms with Crippen molar-refractivity contribution >= 4 is 43.7 Å². The number of hydrogen-bond donors (Lipinski definition) is 1. The third kappa shape index (κ3) is 2.39. The van der Waals surface area contributed by atoms with E-state index in [4.69, 9.17) is 9.97 Å². The molecule has 0 fully saturated rings. The molecule has 3 rings (SSSR count). The summed E-state index contributed by atoms with van der Waals surface area (Å²) < 4.78 is 2.02. The van der Waals surface area contributed by atoms with Crippen molar-refractivity contribution in [1.29, 1.82) is 0 Å². The van der Waals surface area contributed by atoms with E-state index in [1.165, 1.54) is 12.8 Å². The Labute approximate surface area is 134 Å². The summed E-state index contributed by atoms with van der Waals surface area (Å²) in [5, 5.41) is 4.19. The summed E-state index contributed by atoms with van der Waals surface area (Å²) in [6.07, 6.45) is 4.19. The molecule has 0 bridgehead atoms. The molecule has 0 atom stereocenters. The Bertz CT molecular complexity index is 790. The number of nitrogens with zero attached hydrogens (tertiary/aromatic N) is 5. The van der Waals surface area contributed by atoms with E-state index < -0.39 is 0 Å². The van der Waals surface area contributed by atoms with E-state index in [9.17, 15) is 0 Å². The van der Waals surface area contributed by atoms with Crippen molar-refractivity contribution in [3.8, 4) is 0 Å². The maximum Gasteiger partial charge on any atom is 0.188 e. The summed E-state index contributed by atoms with van der Waals surface area (Å²) in [6.45, 7) is 6.40. The van der Waals surface area contributed by atoms with Gasteiger partial charge in [0.2, 0.25) is 0 Å². The molecule has 0 aliphatic carbocycles. The highest BCUT2D eigenvalue weighted by Gasteiger charge is 2.18. The predicted molar refractivity (Wildman–Crippen MR) is 94.0 cm³/mol. The molecule has 0 spiro atoms. The molecule has 7 heteroatoms. The van der Waals surface area contributed by atoms with Gasteiger partial charge in [-0.15, -0.1) is 0 Å². The molecule has 0 aliphatic rings. The first-order chi connectivity index (χ1) is 10.7. The molecule has 0 saturated heterocycles. The highest BCUT2D eigenvalue weighted by Crippen LogP contribution is 2.34. The van der Waals surface area contributed by atoms with Gasteiger partial charge in [0.25, 0.3) is 0 Å². The number of aromatic nitrogens is 4. The van der Waals surface area contributed by atoms with Gasteiger partial charge in [0.15, 0.2) is 10.9 Å². The van der Waals surface area contributed by atoms with Gasteiger partial charge in [-0.25, -0.2) is 15.0 Å². The topological polar surface area (TPSA) is 58.9 Å². The lowest BCUT2D eigenvalue weighted by molar-refractivity contribution is 0.731. The van der Waals surface area contributed by atoms with Crippen LogP contribution >= 0.6 is 11.3 Å². The molecule has 0 aromatic carbocycles. The van der Waals surface area contributed by atoms with Crippen LogP contribution in [0.3, 0.4) is 0 Å². The zero-order valence-corrected chi connectivity index (χ0v) is 14.4. The molecule has 22 heavy (non-hydrogen) atoms. The lowest BCUT2D eigenvalue weighted by Gasteiger charge is -2.18. The van der Waals surface area contributed by atoms with Crippen molar-refractivity contribution in [3.63, 3.8) is 0 Å². The zero-order valence-electron chi connectivity index (χ0n) is 13.6. The summed E-state index contributed by atoms with van der Waals surface area (Å²) in [4.78, 5) is 17.3. The Balaban J connectivity index is 2.16. The third-order valence-electron chi connectivity index (χ3n) is 3.87. The summed E-state index contributed by atoms with van der Waals surface area (Å²) >= 11 is 1.66. The van der Waals surface area contributed by atoms with Crippen molar-refractivity contribution in [2.24, 2.45) is 7.05 Å². The van der Waals surface area contributed by atoms with Crippen molar-refractivity contribution in [3.05, 3.63) is 6.33 Å². The normalized spacial score (nSPS) is 11.5. The number of hydrogen-bond acceptors (Lipinski definition) is 6. The summed E-state index contributed by atoms with van der Waals surface area (Å²) in [5.74, 6) is 0.815. The predicted octanol–water partition coefficient (Wildman–Crippen LogP) is 3.25. The SMILES string of the molecule is CCCCN(CC)c1nc2c(nc(NC)c3ncn(C)c32)s1. The Hall–Kier alpha value is -1.89. The van der Waals surface area contributed by atoms with Crippen LogP contribution in [-0.4, -0.2) is 39.7 Å². The number of anilines is 2. The summed E-state index contributed by atoms with van der Waals surface area (Å²) in [5.41, 5.74) is 2.87. The van der Waals surface area contributed by atoms with E-state index in [-0.39, 0.29) is 0 Å². The number of imidazole rings is 1. The van der Waals surface area contributed by atoms with E-state index in [2.05, 4.69) is 29.0 Å². The molecular formula is C15H22N6S. The average Bonchev–Trinajstić information content (AvgIpc) is 3.11. The number of rotatable bonds is 6. The molecule has 0 amide bonds. The van der Waals surface area contributed by atoms with Crippen LogP contribution in [0.5, 0.6) is 0 Å². The van der Waals surface area contributed by atoms with Crippen LogP contribution < -0.4 is 10.2 Å². The number of unbranched alkanes of at least 4 members (excludes halogenated alkanes) is 1. The van der Waals surface area contributed by atoms with Crippen LogP contribution in [0.1, 0.15) is 26.7 Å². The standard InChI is InChI=1S/C15H22N6S/c1-5-7-8-21(6-2)15-18-11-12-10(17-9-20(12)4)13(16-3)19-14(11)22-15/h9H,5-8H2,1-4H3,(H,16,19). The lowest BCUT2D eigenvalue weighted by Crippen LogP contribution is -2.23. The van der Waals surface area contributed by atoms with Crippen molar-refractivity contribution in [1.82, 2.24) is 19.5 Å². The van der Waals surface area contributed by atoms with E-state index in [1.54, 1.807) is 11.3 Å². The Morgan fingerprint density at radius 2 is 2.09 bits per heavy atom. The first kappa shape index (κ1) is 15.0. The first-order valence-electron chi connectivity index (χ1n) is 7.73. The Morgan fingerprint density at radius 3 is 2.77 bits per heavy atom. The highest BCUT2D eigenvalue weighted by molar-refractivity contribution is 7.22. The fourth-order valence-corrected chi connectivity index (χ4v) is 3.65. The number of pyridine rings is 1. The second kappa shape index (κ2) is 6.08. The average molecular weight is 318 g/mol. The molecule has 3 aromatic rings. The minimum Gasteiger partial charge on any atom is -0.371 e. The molecule has 0 aliphatic heterocycles. The molecule has 1 N–H and O–H groups in total. The van der Waals surface area contributed by atoms with Gasteiger partial charge < -0.3 is 14.8 Å². The largest absolute Gasteiger partial charge is 0.371 e. The number of aryl methyl sites for hydroxylation is 1. The number of nitrogens with one attached hydrogen (secondary N) is 1. The minimum atomic E-state index is 0.815. The molecule has 3 aromatic heterocycles. The maximum absolute atomic E-state index is 4.87. The second-order valence-electron chi connectivity index (χ2n) is 5.35. The van der Waals surface area contributed by atoms with Crippen LogP contribution in [0.25, 0.3) is 21.4 Å². The Morgan fingerprint density at radius 1 is 1.27 bits per heavy atom. The summed E-state index contributed by atoms with van der Waals surface area (Å²) in [7, 11) is 3.88. The third-order valence-corrected chi connectivity index (χ3v) is 4.88. The van der Waals surface area contributed by atoms with Gasteiger partial charge in [-0.3, -0.25) is 0 Å². The van der Waals surface area contributed by atoms with E-state index in [0.29, 0.717) is 0 Å². The van der Waals surface area contributed by atoms with Crippen molar-refractivity contribution in [2.75, 3.05) is 30.4 Å². The molecule has 0 saturated carbocycles. The fraction of sp³-hybridized carbons (Fsp3) is 0.533. The van der Waals surface area contributed by atoms with Gasteiger partial charge in [-0.05, 0) is 13.3 Å². The molecule has 118 valence electrons. The van der Waals surface area contributed by atoms with Gasteiger partial charge in [-0.1, -0.05) is 24.7 Å².